The maximum Gasteiger partial charge on any atom is 1.00 e. The molecule has 0 saturated carbocycles. The van der Waals surface area contributed by atoms with Crippen molar-refractivity contribution in [3.63, 3.8) is 0 Å². The van der Waals surface area contributed by atoms with Gasteiger partial charge in [0, 0.05) is 16.8 Å². The van der Waals surface area contributed by atoms with E-state index < -0.39 is 5.97 Å². The average molecular weight is 799 g/mol. The molecule has 58 heavy (non-hydrogen) atoms. The van der Waals surface area contributed by atoms with E-state index >= 15 is 0 Å². The van der Waals surface area contributed by atoms with E-state index in [4.69, 9.17) is 9.59 Å². The fourth-order valence-electron chi connectivity index (χ4n) is 10.2. The van der Waals surface area contributed by atoms with Crippen LogP contribution in [0.1, 0.15) is 169 Å². The number of rotatable bonds is 21. The second kappa shape index (κ2) is 24.2. The Hall–Kier alpha value is -2.27. The normalized spacial score (nSPS) is 15.1. The molecule has 4 aromatic rings. The van der Waals surface area contributed by atoms with E-state index in [9.17, 15) is 9.90 Å². The number of carboxylic acid groups (broad SMARTS) is 1. The van der Waals surface area contributed by atoms with Crippen LogP contribution in [-0.2, 0) is 25.2 Å². The smallest absolute Gasteiger partial charge is 0.550 e. The summed E-state index contributed by atoms with van der Waals surface area (Å²) in [4.78, 5) is 27.8. The van der Waals surface area contributed by atoms with Crippen molar-refractivity contribution in [2.45, 2.75) is 161 Å². The van der Waals surface area contributed by atoms with Crippen molar-refractivity contribution >= 4 is 12.1 Å². The summed E-state index contributed by atoms with van der Waals surface area (Å²) >= 11 is 0. The number of hydrogen-bond acceptors (Lipinski definition) is 4. The van der Waals surface area contributed by atoms with Crippen molar-refractivity contribution in [3.8, 4) is 33.4 Å². The number of carbonyl (C=O) groups excluding carboxylic acids is 3. The van der Waals surface area contributed by atoms with E-state index in [1.807, 2.05) is 0 Å². The molecule has 0 N–H and O–H groups in total. The molecule has 1 atom stereocenters. The molecule has 0 aromatic heterocycles. The summed E-state index contributed by atoms with van der Waals surface area (Å²) < 4.78 is 0. The maximum atomic E-state index is 11.6. The molecule has 0 fully saturated rings. The molecule has 0 heterocycles. The molecule has 0 saturated heterocycles. The molecule has 0 bridgehead atoms. The van der Waals surface area contributed by atoms with E-state index in [-0.39, 0.29) is 82.5 Å². The molecule has 4 nitrogen and oxygen atoms in total. The number of aliphatic carboxylic acids is 1. The molecule has 0 aliphatic heterocycles. The maximum absolute atomic E-state index is 11.6. The molecule has 298 valence electrons. The minimum atomic E-state index is -0.967. The predicted molar refractivity (Wildman–Crippen MR) is 228 cm³/mol. The van der Waals surface area contributed by atoms with Crippen LogP contribution in [0.2, 0.25) is 0 Å². The molecule has 1 unspecified atom stereocenters. The summed E-state index contributed by atoms with van der Waals surface area (Å²) in [6.07, 6.45) is 21.6. The van der Waals surface area contributed by atoms with Crippen LogP contribution >= 0.6 is 0 Å². The number of aryl methyl sites for hydroxylation is 2. The Morgan fingerprint density at radius 1 is 0.534 bits per heavy atom. The van der Waals surface area contributed by atoms with Gasteiger partial charge in [-0.05, 0) is 114 Å². The van der Waals surface area contributed by atoms with Crippen LogP contribution < -0.4 is 64.2 Å². The van der Waals surface area contributed by atoms with Crippen LogP contribution in [0.4, 0.5) is 0 Å². The van der Waals surface area contributed by atoms with E-state index in [0.717, 1.165) is 19.3 Å². The zero-order chi connectivity index (χ0) is 40.1. The SMILES string of the molecule is O=C=O.[CH2-]CCC1(CCCC(=O)[O-])c2cc(C)ccc2-c2ccc(-c3ccc4c(c3)C(CCCCCCCC)(CCCCCCCC)c3cc(C)ccc3-4)cc21.[Na+].[Na+]. The molecule has 4 aromatic carbocycles. The van der Waals surface area contributed by atoms with Crippen LogP contribution in [0, 0.1) is 20.8 Å². The van der Waals surface area contributed by atoms with Crippen LogP contribution in [0.25, 0.3) is 33.4 Å². The molecule has 6 rings (SSSR count). The summed E-state index contributed by atoms with van der Waals surface area (Å²) in [7, 11) is 0. The first-order valence-corrected chi connectivity index (χ1v) is 21.7. The van der Waals surface area contributed by atoms with Crippen LogP contribution in [0.3, 0.4) is 0 Å². The van der Waals surface area contributed by atoms with Crippen molar-refractivity contribution in [2.75, 3.05) is 0 Å². The number of hydrogen-bond donors (Lipinski definition) is 0. The first kappa shape index (κ1) is 50.1. The molecule has 2 aliphatic rings. The van der Waals surface area contributed by atoms with Gasteiger partial charge in [0.05, 0.1) is 0 Å². The number of benzene rings is 4. The van der Waals surface area contributed by atoms with Gasteiger partial charge < -0.3 is 16.8 Å². The number of carbonyl (C=O) groups is 1. The van der Waals surface area contributed by atoms with Crippen molar-refractivity contribution < 1.29 is 78.6 Å². The van der Waals surface area contributed by atoms with Gasteiger partial charge in [0.2, 0.25) is 0 Å². The van der Waals surface area contributed by atoms with Crippen molar-refractivity contribution in [1.82, 2.24) is 0 Å². The Bertz CT molecular complexity index is 1960. The zero-order valence-corrected chi connectivity index (χ0v) is 40.7. The van der Waals surface area contributed by atoms with Crippen LogP contribution in [-0.4, -0.2) is 12.1 Å². The largest absolute Gasteiger partial charge is 1.00 e. The van der Waals surface area contributed by atoms with Gasteiger partial charge >= 0.3 is 65.3 Å². The van der Waals surface area contributed by atoms with Gasteiger partial charge in [-0.15, -0.1) is 0 Å². The van der Waals surface area contributed by atoms with Gasteiger partial charge in [0.25, 0.3) is 0 Å². The van der Waals surface area contributed by atoms with Crippen LogP contribution in [0.15, 0.2) is 72.8 Å². The molecule has 2 aliphatic carbocycles. The van der Waals surface area contributed by atoms with E-state index in [2.05, 4.69) is 107 Å². The Morgan fingerprint density at radius 2 is 0.879 bits per heavy atom. The third-order valence-electron chi connectivity index (χ3n) is 12.9. The Balaban J connectivity index is 0.00000175. The van der Waals surface area contributed by atoms with Crippen molar-refractivity contribution in [2.24, 2.45) is 0 Å². The fourth-order valence-corrected chi connectivity index (χ4v) is 10.2. The fraction of sp³-hybridized carbons (Fsp3) is 0.481. The first-order chi connectivity index (χ1) is 27.2. The Morgan fingerprint density at radius 3 is 1.28 bits per heavy atom. The van der Waals surface area contributed by atoms with Gasteiger partial charge in [0.15, 0.2) is 0 Å². The number of carboxylic acids is 1. The van der Waals surface area contributed by atoms with Gasteiger partial charge in [-0.1, -0.05) is 169 Å². The minimum Gasteiger partial charge on any atom is -0.550 e. The second-order valence-electron chi connectivity index (χ2n) is 16.7. The van der Waals surface area contributed by atoms with E-state index in [0.29, 0.717) is 6.42 Å². The molecule has 0 amide bonds. The summed E-state index contributed by atoms with van der Waals surface area (Å²) in [5.41, 5.74) is 16.1. The van der Waals surface area contributed by atoms with Gasteiger partial charge in [-0.3, -0.25) is 0 Å². The third-order valence-corrected chi connectivity index (χ3v) is 12.9. The topological polar surface area (TPSA) is 74.3 Å². The minimum absolute atomic E-state index is 0. The first-order valence-electron chi connectivity index (χ1n) is 21.7. The quantitative estimate of drug-likeness (QED) is 0.0520. The zero-order valence-electron chi connectivity index (χ0n) is 36.7. The molecular weight excluding hydrogens is 735 g/mol. The van der Waals surface area contributed by atoms with Gasteiger partial charge in [0.1, 0.15) is 0 Å². The third kappa shape index (κ3) is 11.3. The predicted octanol–water partition coefficient (Wildman–Crippen LogP) is 6.96. The Labute approximate surface area is 394 Å². The number of unbranched alkanes of at least 4 members (excludes halogenated alkanes) is 10. The molecule has 0 radical (unpaired) electrons. The van der Waals surface area contributed by atoms with Gasteiger partial charge in [-0.2, -0.15) is 16.0 Å². The standard InChI is InChI=1S/C51H65O2.CO2.2Na/c1-6-9-11-13-15-17-30-51(31-18-16-14-12-10-7-2)46-34-38(5)22-26-42(46)44-28-24-40(36-48(44)51)39-23-27-43-41-25-21-37(4)33-45(41)50(29-8-3,47(43)35-39)32-19-20-49(52)53;2-1-3;;/h21-28,33-36H,3,6-20,29-32H2,1-2,4-5H3,(H,52,53);;;/q-1;;2*+1/p-1. The second-order valence-corrected chi connectivity index (χ2v) is 16.7. The summed E-state index contributed by atoms with van der Waals surface area (Å²) in [6, 6.07) is 28.6. The molecular formula is C52H64Na2O4. The molecule has 0 spiro atoms. The van der Waals surface area contributed by atoms with Crippen molar-refractivity contribution in [3.05, 3.63) is 113 Å². The summed E-state index contributed by atoms with van der Waals surface area (Å²) in [6.45, 7) is 13.4. The summed E-state index contributed by atoms with van der Waals surface area (Å²) in [5, 5.41) is 11.6. The Kier molecular flexibility index (Phi) is 20.9. The van der Waals surface area contributed by atoms with E-state index in [1.165, 1.54) is 151 Å². The average Bonchev–Trinajstić information content (AvgIpc) is 3.59. The van der Waals surface area contributed by atoms with Gasteiger partial charge in [-0.25, -0.2) is 0 Å². The van der Waals surface area contributed by atoms with Crippen molar-refractivity contribution in [1.29, 1.82) is 0 Å². The monoisotopic (exact) mass is 798 g/mol. The molecule has 6 heteroatoms. The van der Waals surface area contributed by atoms with Crippen LogP contribution in [0.5, 0.6) is 0 Å². The summed E-state index contributed by atoms with van der Waals surface area (Å²) in [5.74, 6) is -0.967. The van der Waals surface area contributed by atoms with E-state index in [1.54, 1.807) is 5.56 Å². The number of fused-ring (bicyclic) bond motifs is 6.